The molecule has 1 saturated heterocycles. The van der Waals surface area contributed by atoms with Crippen molar-refractivity contribution in [2.75, 3.05) is 20.2 Å². The van der Waals surface area contributed by atoms with E-state index in [2.05, 4.69) is 16.1 Å². The molecule has 1 aromatic heterocycles. The van der Waals surface area contributed by atoms with Gasteiger partial charge in [0, 0.05) is 22.8 Å². The number of pyridine rings is 1. The molecule has 1 aliphatic carbocycles. The Balaban J connectivity index is 1.96. The normalized spacial score (nSPS) is 24.5. The summed E-state index contributed by atoms with van der Waals surface area (Å²) in [5.74, 6) is 0.628. The number of hydrogen-bond donors (Lipinski definition) is 2. The van der Waals surface area contributed by atoms with E-state index in [1.807, 2.05) is 26.8 Å². The fraction of sp³-hybridized carbons (Fsp3) is 0.706. The van der Waals surface area contributed by atoms with Crippen molar-refractivity contribution >= 4 is 11.4 Å². The molecule has 0 aromatic carbocycles. The quantitative estimate of drug-likeness (QED) is 0.827. The van der Waals surface area contributed by atoms with E-state index < -0.39 is 11.4 Å². The Morgan fingerprint density at radius 2 is 2.04 bits per heavy atom. The monoisotopic (exact) mass is 337 g/mol. The van der Waals surface area contributed by atoms with Crippen LogP contribution in [-0.4, -0.2) is 34.5 Å². The molecule has 0 radical (unpaired) electrons. The van der Waals surface area contributed by atoms with E-state index in [9.17, 15) is 4.55 Å². The second kappa shape index (κ2) is 6.24. The maximum Gasteiger partial charge on any atom is 0.213 e. The molecule has 0 unspecified atom stereocenters. The van der Waals surface area contributed by atoms with Gasteiger partial charge in [0.1, 0.15) is 10.8 Å². The summed E-state index contributed by atoms with van der Waals surface area (Å²) in [5, 5.41) is 3.44. The number of hydrogen-bond acceptors (Lipinski definition) is 5. The molecule has 128 valence electrons. The van der Waals surface area contributed by atoms with Crippen LogP contribution in [0, 0.1) is 5.41 Å². The molecular weight excluding hydrogens is 310 g/mol. The zero-order chi connectivity index (χ0) is 16.7. The van der Waals surface area contributed by atoms with Crippen molar-refractivity contribution in [3.05, 3.63) is 23.4 Å². The first kappa shape index (κ1) is 17.0. The molecule has 6 heteroatoms. The summed E-state index contributed by atoms with van der Waals surface area (Å²) in [7, 11) is 1.64. The molecule has 0 amide bonds. The summed E-state index contributed by atoms with van der Waals surface area (Å²) in [5.41, 5.74) is 2.38. The van der Waals surface area contributed by atoms with E-state index in [1.54, 1.807) is 7.11 Å². The summed E-state index contributed by atoms with van der Waals surface area (Å²) in [4.78, 5) is 4.70. The highest BCUT2D eigenvalue weighted by atomic mass is 32.2. The number of methoxy groups -OCH3 is 1. The summed E-state index contributed by atoms with van der Waals surface area (Å²) >= 11 is -1.12. The van der Waals surface area contributed by atoms with Gasteiger partial charge in [-0.05, 0) is 58.7 Å². The lowest BCUT2D eigenvalue weighted by Gasteiger charge is -2.40. The van der Waals surface area contributed by atoms with Crippen LogP contribution in [0.3, 0.4) is 0 Å². The van der Waals surface area contributed by atoms with Gasteiger partial charge in [-0.1, -0.05) is 6.07 Å². The van der Waals surface area contributed by atoms with Crippen molar-refractivity contribution < 1.29 is 9.29 Å². The van der Waals surface area contributed by atoms with E-state index in [0.29, 0.717) is 5.88 Å². The maximum atomic E-state index is 12.7. The van der Waals surface area contributed by atoms with E-state index in [0.717, 1.165) is 38.0 Å². The van der Waals surface area contributed by atoms with E-state index in [4.69, 9.17) is 9.72 Å². The highest BCUT2D eigenvalue weighted by Gasteiger charge is 2.50. The molecule has 2 heterocycles. The van der Waals surface area contributed by atoms with Gasteiger partial charge in [-0.2, -0.15) is 0 Å². The van der Waals surface area contributed by atoms with Gasteiger partial charge >= 0.3 is 0 Å². The summed E-state index contributed by atoms with van der Waals surface area (Å²) in [6.07, 6.45) is 3.15. The Kier molecular flexibility index (Phi) is 4.62. The van der Waals surface area contributed by atoms with Crippen molar-refractivity contribution in [2.24, 2.45) is 5.41 Å². The van der Waals surface area contributed by atoms with E-state index >= 15 is 0 Å². The predicted molar refractivity (Wildman–Crippen MR) is 92.8 cm³/mol. The zero-order valence-electron chi connectivity index (χ0n) is 14.4. The highest BCUT2D eigenvalue weighted by molar-refractivity contribution is 7.90. The molecular formula is C17H27N3O2S. The molecule has 5 nitrogen and oxygen atoms in total. The summed E-state index contributed by atoms with van der Waals surface area (Å²) in [6, 6.07) is 4.07. The van der Waals surface area contributed by atoms with Crippen LogP contribution in [0.5, 0.6) is 5.88 Å². The lowest BCUT2D eigenvalue weighted by molar-refractivity contribution is 0.161. The average molecular weight is 337 g/mol. The third-order valence-corrected chi connectivity index (χ3v) is 6.57. The molecule has 2 atom stereocenters. The Hall–Kier alpha value is -0.820. The zero-order valence-corrected chi connectivity index (χ0v) is 15.3. The molecule has 0 saturated carbocycles. The Morgan fingerprint density at radius 1 is 1.35 bits per heavy atom. The molecule has 1 aliphatic heterocycles. The minimum absolute atomic E-state index is 0.0229. The van der Waals surface area contributed by atoms with Crippen LogP contribution >= 0.6 is 0 Å². The van der Waals surface area contributed by atoms with Crippen molar-refractivity contribution in [3.63, 3.8) is 0 Å². The van der Waals surface area contributed by atoms with Gasteiger partial charge in [-0.3, -0.25) is 0 Å². The Morgan fingerprint density at radius 3 is 2.65 bits per heavy atom. The third kappa shape index (κ3) is 3.22. The number of aromatic nitrogens is 1. The van der Waals surface area contributed by atoms with Crippen molar-refractivity contribution in [3.8, 4) is 5.88 Å². The topological polar surface area (TPSA) is 69.2 Å². The maximum absolute atomic E-state index is 12.7. The smallest absolute Gasteiger partial charge is 0.213 e. The fourth-order valence-corrected chi connectivity index (χ4v) is 4.55. The molecule has 1 fully saturated rings. The molecule has 0 bridgehead atoms. The Labute approximate surface area is 141 Å². The highest BCUT2D eigenvalue weighted by Crippen LogP contribution is 2.51. The van der Waals surface area contributed by atoms with Crippen LogP contribution in [-0.2, 0) is 17.8 Å². The lowest BCUT2D eigenvalue weighted by atomic mass is 9.74. The standard InChI is InChI=1S/C17H27N3O2S/c1-16(2,3)23(21)20-15-14-12(5-6-13(19-14)22-4)11-17(15)7-9-18-10-8-17/h5-6,15,18,20H,7-11H2,1-4H3/t15-,23-/m1/s1. The van der Waals surface area contributed by atoms with Crippen LogP contribution in [0.2, 0.25) is 0 Å². The van der Waals surface area contributed by atoms with Crippen molar-refractivity contribution in [1.29, 1.82) is 0 Å². The predicted octanol–water partition coefficient (Wildman–Crippen LogP) is 2.11. The second-order valence-corrected chi connectivity index (χ2v) is 9.62. The molecule has 1 aromatic rings. The van der Waals surface area contributed by atoms with Gasteiger partial charge in [-0.15, -0.1) is 4.72 Å². The first-order valence-electron chi connectivity index (χ1n) is 8.28. The minimum atomic E-state index is -1.12. The van der Waals surface area contributed by atoms with Crippen LogP contribution < -0.4 is 14.8 Å². The van der Waals surface area contributed by atoms with Crippen LogP contribution in [0.1, 0.15) is 50.9 Å². The van der Waals surface area contributed by atoms with Crippen molar-refractivity contribution in [2.45, 2.75) is 50.8 Å². The van der Waals surface area contributed by atoms with E-state index in [-0.39, 0.29) is 16.2 Å². The Bertz CT molecular complexity index is 567. The number of fused-ring (bicyclic) bond motifs is 1. The molecule has 23 heavy (non-hydrogen) atoms. The first-order chi connectivity index (χ1) is 10.9. The summed E-state index contributed by atoms with van der Waals surface area (Å²) < 4.78 is 21.2. The largest absolute Gasteiger partial charge is 0.598 e. The van der Waals surface area contributed by atoms with Gasteiger partial charge in [0.2, 0.25) is 5.88 Å². The number of nitrogens with zero attached hydrogens (tertiary/aromatic N) is 1. The SMILES string of the molecule is COc1ccc2c(n1)[C@@H](N[S@+]([O-])C(C)(C)C)C1(CCNCC1)C2. The minimum Gasteiger partial charge on any atom is -0.598 e. The molecule has 2 N–H and O–H groups in total. The van der Waals surface area contributed by atoms with Gasteiger partial charge in [0.15, 0.2) is 0 Å². The van der Waals surface area contributed by atoms with Gasteiger partial charge in [0.05, 0.1) is 12.8 Å². The second-order valence-electron chi connectivity index (χ2n) is 7.62. The molecule has 1 spiro atoms. The van der Waals surface area contributed by atoms with Gasteiger partial charge in [-0.25, -0.2) is 4.98 Å². The van der Waals surface area contributed by atoms with Crippen LogP contribution in [0.25, 0.3) is 0 Å². The lowest BCUT2D eigenvalue weighted by Crippen LogP contribution is -2.49. The molecule has 3 rings (SSSR count). The van der Waals surface area contributed by atoms with Gasteiger partial charge < -0.3 is 14.6 Å². The third-order valence-electron chi connectivity index (χ3n) is 5.00. The average Bonchev–Trinajstić information content (AvgIpc) is 2.79. The number of nitrogens with one attached hydrogen (secondary N) is 2. The molecule has 2 aliphatic rings. The van der Waals surface area contributed by atoms with E-state index in [1.165, 1.54) is 5.56 Å². The number of rotatable bonds is 3. The van der Waals surface area contributed by atoms with Gasteiger partial charge in [0.25, 0.3) is 0 Å². The van der Waals surface area contributed by atoms with Crippen LogP contribution in [0.15, 0.2) is 12.1 Å². The van der Waals surface area contributed by atoms with Crippen molar-refractivity contribution in [1.82, 2.24) is 15.0 Å². The van der Waals surface area contributed by atoms with Crippen LogP contribution in [0.4, 0.5) is 0 Å². The number of ether oxygens (including phenoxy) is 1. The number of piperidine rings is 1. The first-order valence-corrected chi connectivity index (χ1v) is 9.43. The summed E-state index contributed by atoms with van der Waals surface area (Å²) in [6.45, 7) is 8.01. The fourth-order valence-electron chi connectivity index (χ4n) is 3.62.